The number of nitrogens with one attached hydrogen (secondary N) is 1. The average molecular weight is 318 g/mol. The van der Waals surface area contributed by atoms with E-state index in [2.05, 4.69) is 32.2 Å². The van der Waals surface area contributed by atoms with E-state index in [1.54, 1.807) is 0 Å². The highest BCUT2D eigenvalue weighted by Crippen LogP contribution is 2.31. The average Bonchev–Trinajstić information content (AvgIpc) is 3.02. The number of aryl methyl sites for hydroxylation is 1. The van der Waals surface area contributed by atoms with Crippen LogP contribution in [0.5, 0.6) is 5.75 Å². The summed E-state index contributed by atoms with van der Waals surface area (Å²) in [6.45, 7) is 7.34. The van der Waals surface area contributed by atoms with Crippen molar-refractivity contribution in [1.82, 2.24) is 5.32 Å². The molecule has 1 aromatic carbocycles. The van der Waals surface area contributed by atoms with Crippen molar-refractivity contribution in [3.8, 4) is 5.75 Å². The third-order valence-electron chi connectivity index (χ3n) is 4.88. The predicted molar refractivity (Wildman–Crippen MR) is 93.3 cm³/mol. The van der Waals surface area contributed by atoms with E-state index in [9.17, 15) is 4.79 Å². The minimum absolute atomic E-state index is 0.0735. The van der Waals surface area contributed by atoms with Crippen molar-refractivity contribution in [3.05, 3.63) is 29.3 Å². The molecule has 4 nitrogen and oxygen atoms in total. The first kappa shape index (κ1) is 17.8. The maximum atomic E-state index is 12.4. The SMILES string of the molecule is CCC(C)Oc1cc(C)ccc1CNC(=O)[C@@H]1CCC[C@@H]1CN. The molecule has 0 aromatic heterocycles. The van der Waals surface area contributed by atoms with Gasteiger partial charge >= 0.3 is 0 Å². The molecule has 2 rings (SSSR count). The summed E-state index contributed by atoms with van der Waals surface area (Å²) < 4.78 is 6.00. The summed E-state index contributed by atoms with van der Waals surface area (Å²) in [7, 11) is 0. The number of amides is 1. The second-order valence-electron chi connectivity index (χ2n) is 6.70. The highest BCUT2D eigenvalue weighted by molar-refractivity contribution is 5.79. The Balaban J connectivity index is 2.00. The zero-order valence-corrected chi connectivity index (χ0v) is 14.6. The molecule has 0 aliphatic heterocycles. The van der Waals surface area contributed by atoms with Crippen LogP contribution in [-0.4, -0.2) is 18.6 Å². The molecule has 1 aromatic rings. The second-order valence-corrected chi connectivity index (χ2v) is 6.70. The second kappa shape index (κ2) is 8.34. The molecule has 3 N–H and O–H groups in total. The molecule has 1 fully saturated rings. The molecule has 0 spiro atoms. The van der Waals surface area contributed by atoms with Crippen LogP contribution in [0.3, 0.4) is 0 Å². The molecule has 3 atom stereocenters. The third-order valence-corrected chi connectivity index (χ3v) is 4.88. The van der Waals surface area contributed by atoms with Crippen molar-refractivity contribution in [2.75, 3.05) is 6.54 Å². The van der Waals surface area contributed by atoms with Crippen LogP contribution < -0.4 is 15.8 Å². The number of benzene rings is 1. The van der Waals surface area contributed by atoms with Gasteiger partial charge in [0.15, 0.2) is 0 Å². The van der Waals surface area contributed by atoms with E-state index in [1.165, 1.54) is 0 Å². The summed E-state index contributed by atoms with van der Waals surface area (Å²) in [6.07, 6.45) is 4.26. The Morgan fingerprint density at radius 1 is 1.43 bits per heavy atom. The van der Waals surface area contributed by atoms with Crippen molar-refractivity contribution in [3.63, 3.8) is 0 Å². The van der Waals surface area contributed by atoms with Gasteiger partial charge in [0.2, 0.25) is 5.91 Å². The maximum absolute atomic E-state index is 12.4. The standard InChI is InChI=1S/C19H30N2O2/c1-4-14(3)23-18-10-13(2)8-9-16(18)12-21-19(22)17-7-5-6-15(17)11-20/h8-10,14-15,17H,4-7,11-12,20H2,1-3H3,(H,21,22)/t14?,15-,17-/m1/s1. The van der Waals surface area contributed by atoms with Crippen molar-refractivity contribution in [2.45, 2.75) is 59.1 Å². The van der Waals surface area contributed by atoms with E-state index in [0.29, 0.717) is 19.0 Å². The van der Waals surface area contributed by atoms with Crippen molar-refractivity contribution in [2.24, 2.45) is 17.6 Å². The van der Waals surface area contributed by atoms with Gasteiger partial charge in [-0.3, -0.25) is 4.79 Å². The predicted octanol–water partition coefficient (Wildman–Crippen LogP) is 3.16. The van der Waals surface area contributed by atoms with Gasteiger partial charge in [-0.2, -0.15) is 0 Å². The van der Waals surface area contributed by atoms with E-state index in [4.69, 9.17) is 10.5 Å². The zero-order valence-electron chi connectivity index (χ0n) is 14.6. The van der Waals surface area contributed by atoms with Gasteiger partial charge in [-0.15, -0.1) is 0 Å². The highest BCUT2D eigenvalue weighted by atomic mass is 16.5. The third kappa shape index (κ3) is 4.71. The van der Waals surface area contributed by atoms with Crippen LogP contribution >= 0.6 is 0 Å². The summed E-state index contributed by atoms with van der Waals surface area (Å²) in [6, 6.07) is 6.15. The topological polar surface area (TPSA) is 64.3 Å². The van der Waals surface area contributed by atoms with Gasteiger partial charge in [-0.1, -0.05) is 25.5 Å². The number of nitrogens with two attached hydrogens (primary N) is 1. The van der Waals surface area contributed by atoms with Gasteiger partial charge < -0.3 is 15.8 Å². The molecule has 1 aliphatic carbocycles. The zero-order chi connectivity index (χ0) is 16.8. The molecule has 1 amide bonds. The molecule has 0 saturated heterocycles. The number of rotatable bonds is 7. The Bertz CT molecular complexity index is 530. The quantitative estimate of drug-likeness (QED) is 0.811. The fourth-order valence-electron chi connectivity index (χ4n) is 3.20. The fourth-order valence-corrected chi connectivity index (χ4v) is 3.20. The summed E-state index contributed by atoms with van der Waals surface area (Å²) in [5.74, 6) is 1.42. The summed E-state index contributed by atoms with van der Waals surface area (Å²) >= 11 is 0. The molecular formula is C19H30N2O2. The van der Waals surface area contributed by atoms with Crippen LogP contribution in [-0.2, 0) is 11.3 Å². The molecule has 0 heterocycles. The monoisotopic (exact) mass is 318 g/mol. The number of hydrogen-bond acceptors (Lipinski definition) is 3. The van der Waals surface area contributed by atoms with Gasteiger partial charge in [-0.25, -0.2) is 0 Å². The Morgan fingerprint density at radius 2 is 2.22 bits per heavy atom. The lowest BCUT2D eigenvalue weighted by Crippen LogP contribution is -2.34. The molecule has 1 unspecified atom stereocenters. The van der Waals surface area contributed by atoms with Crippen LogP contribution in [0.25, 0.3) is 0 Å². The minimum Gasteiger partial charge on any atom is -0.490 e. The number of ether oxygens (including phenoxy) is 1. The van der Waals surface area contributed by atoms with E-state index in [1.807, 2.05) is 12.1 Å². The largest absolute Gasteiger partial charge is 0.490 e. The maximum Gasteiger partial charge on any atom is 0.223 e. The van der Waals surface area contributed by atoms with Crippen molar-refractivity contribution in [1.29, 1.82) is 0 Å². The Hall–Kier alpha value is -1.55. The van der Waals surface area contributed by atoms with Gasteiger partial charge in [0.25, 0.3) is 0 Å². The van der Waals surface area contributed by atoms with Gasteiger partial charge in [0.05, 0.1) is 6.10 Å². The summed E-state index contributed by atoms with van der Waals surface area (Å²) in [5, 5.41) is 3.08. The molecule has 1 aliphatic rings. The van der Waals surface area contributed by atoms with E-state index < -0.39 is 0 Å². The van der Waals surface area contributed by atoms with Crippen molar-refractivity contribution < 1.29 is 9.53 Å². The van der Waals surface area contributed by atoms with Crippen LogP contribution in [0, 0.1) is 18.8 Å². The first-order valence-electron chi connectivity index (χ1n) is 8.79. The van der Waals surface area contributed by atoms with Gasteiger partial charge in [0.1, 0.15) is 5.75 Å². The lowest BCUT2D eigenvalue weighted by molar-refractivity contribution is -0.126. The Morgan fingerprint density at radius 3 is 2.91 bits per heavy atom. The lowest BCUT2D eigenvalue weighted by Gasteiger charge is -2.20. The first-order chi connectivity index (χ1) is 11.0. The number of hydrogen-bond donors (Lipinski definition) is 2. The first-order valence-corrected chi connectivity index (χ1v) is 8.79. The van der Waals surface area contributed by atoms with Crippen LogP contribution in [0.2, 0.25) is 0 Å². The molecule has 4 heteroatoms. The van der Waals surface area contributed by atoms with E-state index in [0.717, 1.165) is 42.6 Å². The Kier molecular flexibility index (Phi) is 6.46. The lowest BCUT2D eigenvalue weighted by atomic mass is 9.95. The van der Waals surface area contributed by atoms with Crippen molar-refractivity contribution >= 4 is 5.91 Å². The fraction of sp³-hybridized carbons (Fsp3) is 0.632. The van der Waals surface area contributed by atoms with Crippen LogP contribution in [0.4, 0.5) is 0 Å². The Labute approximate surface area is 139 Å². The van der Waals surface area contributed by atoms with Crippen LogP contribution in [0.15, 0.2) is 18.2 Å². The molecule has 0 radical (unpaired) electrons. The molecule has 0 bridgehead atoms. The smallest absolute Gasteiger partial charge is 0.223 e. The van der Waals surface area contributed by atoms with E-state index in [-0.39, 0.29) is 17.9 Å². The number of carbonyl (C=O) groups excluding carboxylic acids is 1. The highest BCUT2D eigenvalue weighted by Gasteiger charge is 2.31. The summed E-state index contributed by atoms with van der Waals surface area (Å²) in [4.78, 5) is 12.4. The number of carbonyl (C=O) groups is 1. The molecular weight excluding hydrogens is 288 g/mol. The molecule has 1 saturated carbocycles. The summed E-state index contributed by atoms with van der Waals surface area (Å²) in [5.41, 5.74) is 7.98. The molecule has 23 heavy (non-hydrogen) atoms. The van der Waals surface area contributed by atoms with E-state index >= 15 is 0 Å². The normalized spacial score (nSPS) is 21.9. The molecule has 128 valence electrons. The van der Waals surface area contributed by atoms with Crippen LogP contribution in [0.1, 0.15) is 50.7 Å². The van der Waals surface area contributed by atoms with Gasteiger partial charge in [-0.05, 0) is 57.2 Å². The van der Waals surface area contributed by atoms with Gasteiger partial charge in [0, 0.05) is 18.0 Å². The minimum atomic E-state index is 0.0735.